The highest BCUT2D eigenvalue weighted by Gasteiger charge is 2.40. The largest absolute Gasteiger partial charge is 0.497 e. The summed E-state index contributed by atoms with van der Waals surface area (Å²) in [6, 6.07) is 9.71. The Hall–Kier alpha value is -1.06. The number of methoxy groups -OCH3 is 1. The first kappa shape index (κ1) is 14.9. The number of nitrogens with two attached hydrogens (primary N) is 1. The second kappa shape index (κ2) is 6.37. The standard InChI is InChI=1S/C18H28N2O/c1-13(19)18(15-7-9-16(21-2)10-8-15)20-12-11-14-5-3-4-6-17(14)20/h7-10,13-14,17-18H,3-6,11-12,19H2,1-2H3. The van der Waals surface area contributed by atoms with Crippen molar-refractivity contribution in [3.8, 4) is 5.75 Å². The van der Waals surface area contributed by atoms with Crippen LogP contribution >= 0.6 is 0 Å². The molecule has 4 atom stereocenters. The number of hydrogen-bond acceptors (Lipinski definition) is 3. The quantitative estimate of drug-likeness (QED) is 0.923. The highest BCUT2D eigenvalue weighted by molar-refractivity contribution is 5.30. The van der Waals surface area contributed by atoms with E-state index in [1.54, 1.807) is 7.11 Å². The molecular weight excluding hydrogens is 260 g/mol. The Bertz CT molecular complexity index is 457. The predicted molar refractivity (Wildman–Crippen MR) is 86.5 cm³/mol. The zero-order valence-corrected chi connectivity index (χ0v) is 13.3. The van der Waals surface area contributed by atoms with Crippen molar-refractivity contribution in [2.45, 2.75) is 57.2 Å². The van der Waals surface area contributed by atoms with E-state index in [0.29, 0.717) is 6.04 Å². The van der Waals surface area contributed by atoms with Crippen LogP contribution in [-0.2, 0) is 0 Å². The summed E-state index contributed by atoms with van der Waals surface area (Å²) in [7, 11) is 1.71. The van der Waals surface area contributed by atoms with Crippen molar-refractivity contribution in [1.82, 2.24) is 4.90 Å². The lowest BCUT2D eigenvalue weighted by molar-refractivity contribution is 0.119. The zero-order valence-electron chi connectivity index (χ0n) is 13.3. The van der Waals surface area contributed by atoms with Crippen LogP contribution in [0.2, 0.25) is 0 Å². The molecule has 2 fully saturated rings. The van der Waals surface area contributed by atoms with E-state index < -0.39 is 0 Å². The lowest BCUT2D eigenvalue weighted by atomic mass is 9.84. The minimum atomic E-state index is 0.152. The first-order valence-electron chi connectivity index (χ1n) is 8.36. The van der Waals surface area contributed by atoms with Gasteiger partial charge in [-0.1, -0.05) is 25.0 Å². The molecule has 1 saturated carbocycles. The van der Waals surface area contributed by atoms with E-state index in [2.05, 4.69) is 36.1 Å². The van der Waals surface area contributed by atoms with Gasteiger partial charge in [-0.15, -0.1) is 0 Å². The van der Waals surface area contributed by atoms with Crippen molar-refractivity contribution in [2.24, 2.45) is 11.7 Å². The van der Waals surface area contributed by atoms with Gasteiger partial charge in [0.15, 0.2) is 0 Å². The normalized spacial score (nSPS) is 28.9. The molecule has 3 rings (SSSR count). The van der Waals surface area contributed by atoms with Gasteiger partial charge in [0, 0.05) is 18.1 Å². The third-order valence-electron chi connectivity index (χ3n) is 5.37. The van der Waals surface area contributed by atoms with Gasteiger partial charge < -0.3 is 10.5 Å². The molecule has 2 N–H and O–H groups in total. The fourth-order valence-electron chi connectivity index (χ4n) is 4.39. The van der Waals surface area contributed by atoms with Crippen LogP contribution in [-0.4, -0.2) is 30.6 Å². The van der Waals surface area contributed by atoms with Crippen LogP contribution in [0.3, 0.4) is 0 Å². The summed E-state index contributed by atoms with van der Waals surface area (Å²) >= 11 is 0. The molecule has 1 aromatic rings. The highest BCUT2D eigenvalue weighted by atomic mass is 16.5. The molecule has 0 radical (unpaired) electrons. The number of ether oxygens (including phenoxy) is 1. The molecule has 1 aliphatic carbocycles. The van der Waals surface area contributed by atoms with Crippen molar-refractivity contribution in [1.29, 1.82) is 0 Å². The van der Waals surface area contributed by atoms with Crippen LogP contribution < -0.4 is 10.5 Å². The predicted octanol–water partition coefficient (Wildman–Crippen LogP) is 3.35. The number of benzene rings is 1. The van der Waals surface area contributed by atoms with E-state index in [1.807, 2.05) is 0 Å². The lowest BCUT2D eigenvalue weighted by Crippen LogP contribution is -2.44. The Balaban J connectivity index is 1.83. The van der Waals surface area contributed by atoms with E-state index in [0.717, 1.165) is 17.7 Å². The van der Waals surface area contributed by atoms with E-state index in [4.69, 9.17) is 10.5 Å². The third-order valence-corrected chi connectivity index (χ3v) is 5.37. The van der Waals surface area contributed by atoms with Crippen molar-refractivity contribution < 1.29 is 4.74 Å². The highest BCUT2D eigenvalue weighted by Crippen LogP contribution is 2.41. The Labute approximate surface area is 128 Å². The van der Waals surface area contributed by atoms with Crippen LogP contribution in [0.15, 0.2) is 24.3 Å². The van der Waals surface area contributed by atoms with Gasteiger partial charge in [-0.3, -0.25) is 4.90 Å². The van der Waals surface area contributed by atoms with Gasteiger partial charge in [-0.05, 0) is 56.3 Å². The summed E-state index contributed by atoms with van der Waals surface area (Å²) in [5.74, 6) is 1.82. The molecule has 1 saturated heterocycles. The molecule has 1 heterocycles. The summed E-state index contributed by atoms with van der Waals surface area (Å²) in [5.41, 5.74) is 7.70. The summed E-state index contributed by atoms with van der Waals surface area (Å²) in [5, 5.41) is 0. The maximum absolute atomic E-state index is 6.37. The summed E-state index contributed by atoms with van der Waals surface area (Å²) < 4.78 is 5.28. The molecule has 3 nitrogen and oxygen atoms in total. The fourth-order valence-corrected chi connectivity index (χ4v) is 4.39. The number of hydrogen-bond donors (Lipinski definition) is 1. The molecule has 2 aliphatic rings. The van der Waals surface area contributed by atoms with Gasteiger partial charge in [0.05, 0.1) is 7.11 Å². The van der Waals surface area contributed by atoms with Crippen molar-refractivity contribution in [2.75, 3.05) is 13.7 Å². The molecule has 0 aromatic heterocycles. The Morgan fingerprint density at radius 2 is 1.86 bits per heavy atom. The van der Waals surface area contributed by atoms with Crippen LogP contribution in [0, 0.1) is 5.92 Å². The van der Waals surface area contributed by atoms with E-state index >= 15 is 0 Å². The first-order valence-corrected chi connectivity index (χ1v) is 8.36. The van der Waals surface area contributed by atoms with Gasteiger partial charge in [0.2, 0.25) is 0 Å². The average Bonchev–Trinajstić information content (AvgIpc) is 2.92. The number of fused-ring (bicyclic) bond motifs is 1. The second-order valence-corrected chi connectivity index (χ2v) is 6.72. The van der Waals surface area contributed by atoms with Crippen molar-refractivity contribution in [3.05, 3.63) is 29.8 Å². The summed E-state index contributed by atoms with van der Waals surface area (Å²) in [6.07, 6.45) is 6.91. The maximum Gasteiger partial charge on any atom is 0.118 e. The van der Waals surface area contributed by atoms with Crippen LogP contribution in [0.25, 0.3) is 0 Å². The van der Waals surface area contributed by atoms with Crippen LogP contribution in [0.4, 0.5) is 0 Å². The minimum Gasteiger partial charge on any atom is -0.497 e. The third kappa shape index (κ3) is 2.95. The minimum absolute atomic E-state index is 0.152. The van der Waals surface area contributed by atoms with Crippen molar-refractivity contribution in [3.63, 3.8) is 0 Å². The van der Waals surface area contributed by atoms with E-state index in [9.17, 15) is 0 Å². The molecule has 21 heavy (non-hydrogen) atoms. The Kier molecular flexibility index (Phi) is 4.51. The summed E-state index contributed by atoms with van der Waals surface area (Å²) in [6.45, 7) is 3.35. The lowest BCUT2D eigenvalue weighted by Gasteiger charge is -2.39. The first-order chi connectivity index (χ1) is 10.2. The molecule has 116 valence electrons. The van der Waals surface area contributed by atoms with Gasteiger partial charge >= 0.3 is 0 Å². The van der Waals surface area contributed by atoms with Gasteiger partial charge in [-0.25, -0.2) is 0 Å². The molecule has 3 heteroatoms. The zero-order chi connectivity index (χ0) is 14.8. The summed E-state index contributed by atoms with van der Waals surface area (Å²) in [4.78, 5) is 2.69. The number of nitrogens with zero attached hydrogens (tertiary/aromatic N) is 1. The average molecular weight is 288 g/mol. The molecule has 4 unspecified atom stereocenters. The number of rotatable bonds is 4. The van der Waals surface area contributed by atoms with Crippen molar-refractivity contribution >= 4 is 0 Å². The van der Waals surface area contributed by atoms with Gasteiger partial charge in [-0.2, -0.15) is 0 Å². The Morgan fingerprint density at radius 3 is 2.52 bits per heavy atom. The van der Waals surface area contributed by atoms with Crippen LogP contribution in [0.5, 0.6) is 5.75 Å². The maximum atomic E-state index is 6.37. The van der Waals surface area contributed by atoms with E-state index in [1.165, 1.54) is 44.2 Å². The smallest absolute Gasteiger partial charge is 0.118 e. The molecule has 1 aliphatic heterocycles. The SMILES string of the molecule is COc1ccc(C(C(C)N)N2CCC3CCCCC32)cc1. The second-order valence-electron chi connectivity index (χ2n) is 6.72. The molecule has 0 spiro atoms. The molecule has 0 amide bonds. The number of likely N-dealkylation sites (tertiary alicyclic amines) is 1. The Morgan fingerprint density at radius 1 is 1.14 bits per heavy atom. The molecular formula is C18H28N2O. The molecule has 1 aromatic carbocycles. The van der Waals surface area contributed by atoms with E-state index in [-0.39, 0.29) is 6.04 Å². The topological polar surface area (TPSA) is 38.5 Å². The van der Waals surface area contributed by atoms with Gasteiger partial charge in [0.1, 0.15) is 5.75 Å². The monoisotopic (exact) mass is 288 g/mol. The molecule has 0 bridgehead atoms. The fraction of sp³-hybridized carbons (Fsp3) is 0.667. The van der Waals surface area contributed by atoms with Gasteiger partial charge in [0.25, 0.3) is 0 Å². The van der Waals surface area contributed by atoms with Crippen LogP contribution in [0.1, 0.15) is 50.6 Å².